The van der Waals surface area contributed by atoms with Crippen molar-refractivity contribution in [3.05, 3.63) is 107 Å². The maximum atomic E-state index is 13.3. The zero-order chi connectivity index (χ0) is 29.1. The predicted molar refractivity (Wildman–Crippen MR) is 165 cm³/mol. The van der Waals surface area contributed by atoms with Gasteiger partial charge in [-0.15, -0.1) is 0 Å². The summed E-state index contributed by atoms with van der Waals surface area (Å²) in [6.45, 7) is 3.22. The molecule has 3 aromatic carbocycles. The number of carbonyl (C=O) groups excluding carboxylic acids is 3. The Kier molecular flexibility index (Phi) is 10.4. The first-order valence-corrected chi connectivity index (χ1v) is 15.4. The summed E-state index contributed by atoms with van der Waals surface area (Å²) in [6, 6.07) is 26.7. The molecule has 3 atom stereocenters. The summed E-state index contributed by atoms with van der Waals surface area (Å²) < 4.78 is 0. The average Bonchev–Trinajstić information content (AvgIpc) is 3.83. The molecule has 1 heterocycles. The Morgan fingerprint density at radius 2 is 1.55 bits per heavy atom. The van der Waals surface area contributed by atoms with Crippen LogP contribution in [0.1, 0.15) is 76.3 Å². The highest BCUT2D eigenvalue weighted by Crippen LogP contribution is 2.50. The van der Waals surface area contributed by atoms with Gasteiger partial charge in [0, 0.05) is 43.9 Å². The first-order chi connectivity index (χ1) is 20.6. The average molecular weight is 567 g/mol. The van der Waals surface area contributed by atoms with E-state index in [0.717, 1.165) is 43.8 Å². The van der Waals surface area contributed by atoms with E-state index in [1.165, 1.54) is 18.4 Å². The van der Waals surface area contributed by atoms with Crippen molar-refractivity contribution in [1.29, 1.82) is 0 Å². The Labute approximate surface area is 249 Å². The number of amides is 3. The van der Waals surface area contributed by atoms with Crippen LogP contribution >= 0.6 is 0 Å². The van der Waals surface area contributed by atoms with Crippen molar-refractivity contribution < 1.29 is 14.4 Å². The molecule has 7 heteroatoms. The van der Waals surface area contributed by atoms with E-state index >= 15 is 0 Å². The zero-order valence-electron chi connectivity index (χ0n) is 24.3. The van der Waals surface area contributed by atoms with E-state index in [4.69, 9.17) is 0 Å². The summed E-state index contributed by atoms with van der Waals surface area (Å²) in [5.41, 5.74) is 3.33. The Balaban J connectivity index is 1.15. The maximum absolute atomic E-state index is 13.3. The SMILES string of the molecule is O=C(N[C@@H](CCCCCC1CC1c1ccccc1)C(=O)NCc1ccccc1)c1cccc(C(=O)N2CCNCC2)c1. The monoisotopic (exact) mass is 566 g/mol. The third-order valence-electron chi connectivity index (χ3n) is 8.43. The molecule has 1 aliphatic heterocycles. The van der Waals surface area contributed by atoms with Crippen LogP contribution in [0.4, 0.5) is 0 Å². The van der Waals surface area contributed by atoms with E-state index in [0.29, 0.717) is 43.1 Å². The fraction of sp³-hybridized carbons (Fsp3) is 0.400. The summed E-state index contributed by atoms with van der Waals surface area (Å²) in [4.78, 5) is 41.4. The van der Waals surface area contributed by atoms with Crippen molar-refractivity contribution in [3.8, 4) is 0 Å². The lowest BCUT2D eigenvalue weighted by Crippen LogP contribution is -2.47. The molecule has 5 rings (SSSR count). The summed E-state index contributed by atoms with van der Waals surface area (Å²) in [7, 11) is 0. The number of hydrogen-bond donors (Lipinski definition) is 3. The third kappa shape index (κ3) is 8.29. The molecule has 2 fully saturated rings. The molecule has 0 bridgehead atoms. The van der Waals surface area contributed by atoms with Crippen LogP contribution in [-0.2, 0) is 11.3 Å². The van der Waals surface area contributed by atoms with Crippen molar-refractivity contribution in [2.24, 2.45) is 5.92 Å². The molecule has 0 spiro atoms. The quantitative estimate of drug-likeness (QED) is 0.257. The van der Waals surface area contributed by atoms with Crippen LogP contribution in [-0.4, -0.2) is 54.8 Å². The second-order valence-electron chi connectivity index (χ2n) is 11.5. The van der Waals surface area contributed by atoms with E-state index in [2.05, 4.69) is 46.3 Å². The van der Waals surface area contributed by atoms with Gasteiger partial charge in [-0.05, 0) is 60.4 Å². The lowest BCUT2D eigenvalue weighted by Gasteiger charge is -2.27. The van der Waals surface area contributed by atoms with Gasteiger partial charge in [-0.25, -0.2) is 0 Å². The summed E-state index contributed by atoms with van der Waals surface area (Å²) >= 11 is 0. The van der Waals surface area contributed by atoms with Crippen LogP contribution in [0.15, 0.2) is 84.9 Å². The molecule has 0 radical (unpaired) electrons. The van der Waals surface area contributed by atoms with E-state index in [-0.39, 0.29) is 17.7 Å². The van der Waals surface area contributed by atoms with E-state index in [1.807, 2.05) is 30.3 Å². The molecular weight excluding hydrogens is 524 g/mol. The molecule has 3 N–H and O–H groups in total. The molecule has 42 heavy (non-hydrogen) atoms. The van der Waals surface area contributed by atoms with Gasteiger partial charge in [0.25, 0.3) is 11.8 Å². The molecule has 3 amide bonds. The van der Waals surface area contributed by atoms with E-state index in [9.17, 15) is 14.4 Å². The Bertz CT molecular complexity index is 1320. The smallest absolute Gasteiger partial charge is 0.253 e. The van der Waals surface area contributed by atoms with Crippen LogP contribution in [0, 0.1) is 5.92 Å². The Morgan fingerprint density at radius 1 is 0.833 bits per heavy atom. The van der Waals surface area contributed by atoms with Crippen LogP contribution in [0.25, 0.3) is 0 Å². The van der Waals surface area contributed by atoms with Gasteiger partial charge in [0.15, 0.2) is 0 Å². The van der Waals surface area contributed by atoms with E-state index < -0.39 is 6.04 Å². The van der Waals surface area contributed by atoms with Gasteiger partial charge in [-0.3, -0.25) is 14.4 Å². The van der Waals surface area contributed by atoms with Crippen molar-refractivity contribution in [2.75, 3.05) is 26.2 Å². The number of nitrogens with one attached hydrogen (secondary N) is 3. The van der Waals surface area contributed by atoms with Gasteiger partial charge in [0.1, 0.15) is 6.04 Å². The van der Waals surface area contributed by atoms with Crippen LogP contribution in [0.2, 0.25) is 0 Å². The van der Waals surface area contributed by atoms with Crippen molar-refractivity contribution >= 4 is 17.7 Å². The van der Waals surface area contributed by atoms with Crippen molar-refractivity contribution in [2.45, 2.75) is 57.0 Å². The molecule has 0 aromatic heterocycles. The molecule has 1 aliphatic carbocycles. The predicted octanol–water partition coefficient (Wildman–Crippen LogP) is 4.90. The van der Waals surface area contributed by atoms with Gasteiger partial charge in [0.2, 0.25) is 5.91 Å². The number of unbranched alkanes of at least 4 members (excludes halogenated alkanes) is 2. The minimum absolute atomic E-state index is 0.0755. The molecule has 3 aromatic rings. The summed E-state index contributed by atoms with van der Waals surface area (Å²) in [5, 5.41) is 9.22. The molecule has 1 saturated carbocycles. The first kappa shape index (κ1) is 29.5. The number of nitrogens with zero attached hydrogens (tertiary/aromatic N) is 1. The fourth-order valence-electron chi connectivity index (χ4n) is 5.87. The van der Waals surface area contributed by atoms with Crippen molar-refractivity contribution in [1.82, 2.24) is 20.9 Å². The molecule has 7 nitrogen and oxygen atoms in total. The lowest BCUT2D eigenvalue weighted by molar-refractivity contribution is -0.123. The topological polar surface area (TPSA) is 90.5 Å². The zero-order valence-corrected chi connectivity index (χ0v) is 24.3. The Hall–Kier alpha value is -3.97. The van der Waals surface area contributed by atoms with Gasteiger partial charge in [0.05, 0.1) is 0 Å². The largest absolute Gasteiger partial charge is 0.350 e. The summed E-state index contributed by atoms with van der Waals surface area (Å²) in [6.07, 6.45) is 6.03. The number of carbonyl (C=O) groups is 3. The minimum atomic E-state index is -0.647. The molecule has 220 valence electrons. The highest BCUT2D eigenvalue weighted by molar-refractivity contribution is 6.01. The van der Waals surface area contributed by atoms with Crippen LogP contribution in [0.3, 0.4) is 0 Å². The molecular formula is C35H42N4O3. The fourth-order valence-corrected chi connectivity index (χ4v) is 5.87. The second-order valence-corrected chi connectivity index (χ2v) is 11.5. The van der Waals surface area contributed by atoms with Gasteiger partial charge < -0.3 is 20.9 Å². The Morgan fingerprint density at radius 3 is 2.31 bits per heavy atom. The summed E-state index contributed by atoms with van der Waals surface area (Å²) in [5.74, 6) is 0.845. The van der Waals surface area contributed by atoms with Crippen LogP contribution < -0.4 is 16.0 Å². The number of benzene rings is 3. The number of rotatable bonds is 13. The van der Waals surface area contributed by atoms with Gasteiger partial charge in [-0.2, -0.15) is 0 Å². The lowest BCUT2D eigenvalue weighted by atomic mass is 10.0. The highest BCUT2D eigenvalue weighted by atomic mass is 16.2. The minimum Gasteiger partial charge on any atom is -0.350 e. The van der Waals surface area contributed by atoms with Gasteiger partial charge in [-0.1, -0.05) is 86.0 Å². The van der Waals surface area contributed by atoms with Gasteiger partial charge >= 0.3 is 0 Å². The number of piperazine rings is 1. The molecule has 2 aliphatic rings. The van der Waals surface area contributed by atoms with Crippen LogP contribution in [0.5, 0.6) is 0 Å². The molecule has 2 unspecified atom stereocenters. The second kappa shape index (κ2) is 14.8. The first-order valence-electron chi connectivity index (χ1n) is 15.4. The number of hydrogen-bond acceptors (Lipinski definition) is 4. The van der Waals surface area contributed by atoms with E-state index in [1.54, 1.807) is 29.2 Å². The molecule has 1 saturated heterocycles. The standard InChI is InChI=1S/C35H42N4O3/c40-33(29-16-10-17-30(23-29)35(42)39-21-19-36-20-22-39)38-32(34(41)37-25-26-11-4-1-5-12-26)18-9-3-8-15-28-24-31(28)27-13-6-2-7-14-27/h1-2,4-7,10-14,16-17,23,28,31-32,36H,3,8-9,15,18-22,24-25H2,(H,37,41)(H,38,40)/t28?,31?,32-/m0/s1. The normalized spacial score (nSPS) is 18.6. The maximum Gasteiger partial charge on any atom is 0.253 e. The highest BCUT2D eigenvalue weighted by Gasteiger charge is 2.37. The van der Waals surface area contributed by atoms with Crippen molar-refractivity contribution in [3.63, 3.8) is 0 Å². The third-order valence-corrected chi connectivity index (χ3v) is 8.43.